The molecular formula is C28H25NO5. The van der Waals surface area contributed by atoms with Gasteiger partial charge >= 0.3 is 0 Å². The number of carbonyl (C=O) groups excluding carboxylic acids is 2. The SMILES string of the molecule is COc1ccc(C2C(C(=O)C=Cc3ccccc3)=C(O)C(=O)N2Cc2ccccc2)c(OC)c1. The topological polar surface area (TPSA) is 76.1 Å². The summed E-state index contributed by atoms with van der Waals surface area (Å²) in [6, 6.07) is 23.1. The van der Waals surface area contributed by atoms with E-state index in [1.165, 1.54) is 18.1 Å². The van der Waals surface area contributed by atoms with Gasteiger partial charge in [-0.1, -0.05) is 66.7 Å². The molecule has 3 aromatic carbocycles. The van der Waals surface area contributed by atoms with Crippen LogP contribution in [-0.2, 0) is 16.1 Å². The van der Waals surface area contributed by atoms with E-state index < -0.39 is 23.5 Å². The molecule has 172 valence electrons. The molecule has 1 aliphatic rings. The van der Waals surface area contributed by atoms with Gasteiger partial charge in [0.05, 0.1) is 25.8 Å². The number of aliphatic hydroxyl groups excluding tert-OH is 1. The zero-order valence-electron chi connectivity index (χ0n) is 19.0. The molecule has 0 saturated heterocycles. The molecule has 0 saturated carbocycles. The van der Waals surface area contributed by atoms with Gasteiger partial charge < -0.3 is 19.5 Å². The Morgan fingerprint density at radius 2 is 1.65 bits per heavy atom. The standard InChI is InChI=1S/C28H25NO5/c1-33-21-14-15-22(24(17-21)34-2)26-25(23(30)16-13-19-9-5-3-6-10-19)27(31)28(32)29(26)18-20-11-7-4-8-12-20/h3-17,26,31H,18H2,1-2H3. The largest absolute Gasteiger partial charge is 0.503 e. The van der Waals surface area contributed by atoms with Crippen molar-refractivity contribution in [1.82, 2.24) is 4.90 Å². The van der Waals surface area contributed by atoms with Crippen LogP contribution >= 0.6 is 0 Å². The molecule has 0 spiro atoms. The Bertz CT molecular complexity index is 1250. The summed E-state index contributed by atoms with van der Waals surface area (Å²) < 4.78 is 10.9. The first-order chi connectivity index (χ1) is 16.5. The van der Waals surface area contributed by atoms with Crippen molar-refractivity contribution in [2.45, 2.75) is 12.6 Å². The number of nitrogens with zero attached hydrogens (tertiary/aromatic N) is 1. The predicted octanol–water partition coefficient (Wildman–Crippen LogP) is 4.88. The molecule has 4 rings (SSSR count). The maximum absolute atomic E-state index is 13.3. The molecule has 6 nitrogen and oxygen atoms in total. The second-order valence-electron chi connectivity index (χ2n) is 7.80. The van der Waals surface area contributed by atoms with E-state index >= 15 is 0 Å². The highest BCUT2D eigenvalue weighted by Crippen LogP contribution is 2.43. The summed E-state index contributed by atoms with van der Waals surface area (Å²) in [7, 11) is 3.06. The van der Waals surface area contributed by atoms with Gasteiger partial charge in [0.1, 0.15) is 11.5 Å². The lowest BCUT2D eigenvalue weighted by atomic mass is 9.94. The fourth-order valence-electron chi connectivity index (χ4n) is 4.04. The van der Waals surface area contributed by atoms with Crippen LogP contribution in [0, 0.1) is 0 Å². The molecule has 0 fully saturated rings. The molecule has 0 radical (unpaired) electrons. The highest BCUT2D eigenvalue weighted by atomic mass is 16.5. The van der Waals surface area contributed by atoms with Crippen molar-refractivity contribution in [3.05, 3.63) is 113 Å². The Kier molecular flexibility index (Phi) is 6.78. The van der Waals surface area contributed by atoms with E-state index in [1.54, 1.807) is 31.4 Å². The zero-order chi connectivity index (χ0) is 24.1. The number of amides is 1. The number of hydrogen-bond acceptors (Lipinski definition) is 5. The molecule has 1 amide bonds. The summed E-state index contributed by atoms with van der Waals surface area (Å²) in [4.78, 5) is 28.0. The molecule has 0 bridgehead atoms. The minimum atomic E-state index is -0.832. The molecule has 3 aromatic rings. The van der Waals surface area contributed by atoms with Crippen molar-refractivity contribution in [2.24, 2.45) is 0 Å². The number of aliphatic hydroxyl groups is 1. The first-order valence-electron chi connectivity index (χ1n) is 10.8. The average Bonchev–Trinajstić information content (AvgIpc) is 3.13. The van der Waals surface area contributed by atoms with E-state index in [-0.39, 0.29) is 12.1 Å². The lowest BCUT2D eigenvalue weighted by Crippen LogP contribution is -2.30. The molecule has 6 heteroatoms. The third kappa shape index (κ3) is 4.57. The highest BCUT2D eigenvalue weighted by molar-refractivity contribution is 6.14. The zero-order valence-corrected chi connectivity index (χ0v) is 19.0. The molecule has 1 aliphatic heterocycles. The Balaban J connectivity index is 1.78. The van der Waals surface area contributed by atoms with Gasteiger partial charge in [0.25, 0.3) is 5.91 Å². The number of ether oxygens (including phenoxy) is 2. The molecule has 1 atom stereocenters. The van der Waals surface area contributed by atoms with E-state index in [1.807, 2.05) is 60.7 Å². The Morgan fingerprint density at radius 1 is 0.971 bits per heavy atom. The fourth-order valence-corrected chi connectivity index (χ4v) is 4.04. The lowest BCUT2D eigenvalue weighted by molar-refractivity contribution is -0.130. The van der Waals surface area contributed by atoms with Crippen LogP contribution in [0.2, 0.25) is 0 Å². The summed E-state index contributed by atoms with van der Waals surface area (Å²) in [6.45, 7) is 0.211. The maximum atomic E-state index is 13.3. The van der Waals surface area contributed by atoms with E-state index in [0.29, 0.717) is 17.1 Å². The molecule has 1 unspecified atom stereocenters. The van der Waals surface area contributed by atoms with Crippen molar-refractivity contribution in [3.8, 4) is 11.5 Å². The number of hydrogen-bond donors (Lipinski definition) is 1. The van der Waals surface area contributed by atoms with Gasteiger partial charge in [-0.2, -0.15) is 0 Å². The van der Waals surface area contributed by atoms with Crippen LogP contribution < -0.4 is 9.47 Å². The summed E-state index contributed by atoms with van der Waals surface area (Å²) in [5.74, 6) is -0.593. The van der Waals surface area contributed by atoms with Gasteiger partial charge in [-0.05, 0) is 29.3 Å². The quantitative estimate of drug-likeness (QED) is 0.490. The summed E-state index contributed by atoms with van der Waals surface area (Å²) in [5.41, 5.74) is 2.29. The normalized spacial score (nSPS) is 15.8. The smallest absolute Gasteiger partial charge is 0.290 e. The maximum Gasteiger partial charge on any atom is 0.290 e. The molecule has 1 N–H and O–H groups in total. The Hall–Kier alpha value is -4.32. The van der Waals surface area contributed by atoms with Crippen molar-refractivity contribution >= 4 is 17.8 Å². The second-order valence-corrected chi connectivity index (χ2v) is 7.80. The Morgan fingerprint density at radius 3 is 2.29 bits per heavy atom. The van der Waals surface area contributed by atoms with Crippen molar-refractivity contribution in [2.75, 3.05) is 14.2 Å². The van der Waals surface area contributed by atoms with Gasteiger partial charge in [-0.15, -0.1) is 0 Å². The number of allylic oxidation sites excluding steroid dienone is 1. The molecule has 1 heterocycles. The number of benzene rings is 3. The summed E-state index contributed by atoms with van der Waals surface area (Å²) in [6.07, 6.45) is 3.04. The molecule has 34 heavy (non-hydrogen) atoms. The van der Waals surface area contributed by atoms with E-state index in [2.05, 4.69) is 0 Å². The van der Waals surface area contributed by atoms with Crippen LogP contribution in [0.15, 0.2) is 96.3 Å². The number of methoxy groups -OCH3 is 2. The average molecular weight is 456 g/mol. The fraction of sp³-hybridized carbons (Fsp3) is 0.143. The van der Waals surface area contributed by atoms with Gasteiger partial charge in [-0.25, -0.2) is 0 Å². The van der Waals surface area contributed by atoms with Gasteiger partial charge in [0.15, 0.2) is 11.5 Å². The van der Waals surface area contributed by atoms with Crippen molar-refractivity contribution < 1.29 is 24.2 Å². The second kappa shape index (κ2) is 10.1. The van der Waals surface area contributed by atoms with Gasteiger partial charge in [-0.3, -0.25) is 9.59 Å². The summed E-state index contributed by atoms with van der Waals surface area (Å²) >= 11 is 0. The first-order valence-corrected chi connectivity index (χ1v) is 10.8. The van der Waals surface area contributed by atoms with Crippen LogP contribution in [0.3, 0.4) is 0 Å². The van der Waals surface area contributed by atoms with Gasteiger partial charge in [0.2, 0.25) is 0 Å². The minimum absolute atomic E-state index is 0.0107. The van der Waals surface area contributed by atoms with Crippen LogP contribution in [0.5, 0.6) is 11.5 Å². The number of ketones is 1. The molecular weight excluding hydrogens is 430 g/mol. The number of carbonyl (C=O) groups is 2. The lowest BCUT2D eigenvalue weighted by Gasteiger charge is -2.28. The molecule has 0 aromatic heterocycles. The minimum Gasteiger partial charge on any atom is -0.503 e. The first kappa shape index (κ1) is 22.9. The summed E-state index contributed by atoms with van der Waals surface area (Å²) in [5, 5.41) is 10.8. The number of rotatable bonds is 8. The van der Waals surface area contributed by atoms with E-state index in [4.69, 9.17) is 9.47 Å². The van der Waals surface area contributed by atoms with Crippen LogP contribution in [0.1, 0.15) is 22.7 Å². The monoisotopic (exact) mass is 455 g/mol. The third-order valence-corrected chi connectivity index (χ3v) is 5.73. The van der Waals surface area contributed by atoms with Crippen LogP contribution in [-0.4, -0.2) is 35.9 Å². The third-order valence-electron chi connectivity index (χ3n) is 5.73. The molecule has 0 aliphatic carbocycles. The van der Waals surface area contributed by atoms with E-state index in [9.17, 15) is 14.7 Å². The van der Waals surface area contributed by atoms with E-state index in [0.717, 1.165) is 11.1 Å². The van der Waals surface area contributed by atoms with Crippen LogP contribution in [0.4, 0.5) is 0 Å². The van der Waals surface area contributed by atoms with Crippen molar-refractivity contribution in [3.63, 3.8) is 0 Å². The predicted molar refractivity (Wildman–Crippen MR) is 129 cm³/mol. The highest BCUT2D eigenvalue weighted by Gasteiger charge is 2.44. The van der Waals surface area contributed by atoms with Crippen LogP contribution in [0.25, 0.3) is 6.08 Å². The Labute approximate surface area is 198 Å². The van der Waals surface area contributed by atoms with Crippen molar-refractivity contribution in [1.29, 1.82) is 0 Å². The van der Waals surface area contributed by atoms with Gasteiger partial charge in [0, 0.05) is 18.2 Å².